The Morgan fingerprint density at radius 2 is 2.00 bits per heavy atom. The first kappa shape index (κ1) is 12.3. The molecule has 0 saturated heterocycles. The lowest BCUT2D eigenvalue weighted by Gasteiger charge is -2.18. The summed E-state index contributed by atoms with van der Waals surface area (Å²) in [7, 11) is 0. The molecule has 1 aliphatic heterocycles. The van der Waals surface area contributed by atoms with E-state index in [1.165, 1.54) is 5.56 Å². The molecule has 0 fully saturated rings. The monoisotopic (exact) mass is 248 g/mol. The summed E-state index contributed by atoms with van der Waals surface area (Å²) in [5, 5.41) is 5.24. The van der Waals surface area contributed by atoms with Crippen LogP contribution in [0.4, 0.5) is 0 Å². The Labute approximate surface area is 107 Å². The van der Waals surface area contributed by atoms with Gasteiger partial charge in [-0.15, -0.1) is 0 Å². The first-order valence-electron chi connectivity index (χ1n) is 6.13. The molecule has 3 heteroatoms. The van der Waals surface area contributed by atoms with Crippen LogP contribution in [0.15, 0.2) is 24.3 Å². The molecule has 0 aliphatic carbocycles. The van der Waals surface area contributed by atoms with Crippen molar-refractivity contribution in [3.63, 3.8) is 0 Å². The zero-order valence-corrected chi connectivity index (χ0v) is 11.0. The zero-order valence-electron chi connectivity index (χ0n) is 10.3. The van der Waals surface area contributed by atoms with E-state index in [1.54, 1.807) is 0 Å². The van der Waals surface area contributed by atoms with Crippen molar-refractivity contribution in [2.24, 2.45) is 0 Å². The van der Waals surface area contributed by atoms with Crippen molar-refractivity contribution in [1.82, 2.24) is 10.3 Å². The molecule has 2 heterocycles. The summed E-state index contributed by atoms with van der Waals surface area (Å²) in [6, 6.07) is 8.04. The number of hydrogen-bond donors (Lipinski definition) is 1. The van der Waals surface area contributed by atoms with Crippen molar-refractivity contribution in [1.29, 1.82) is 0 Å². The van der Waals surface area contributed by atoms with E-state index in [9.17, 15) is 0 Å². The summed E-state index contributed by atoms with van der Waals surface area (Å²) in [6.07, 6.45) is 0.972. The summed E-state index contributed by atoms with van der Waals surface area (Å²) >= 11 is 6.38. The maximum absolute atomic E-state index is 6.38. The number of pyridine rings is 1. The van der Waals surface area contributed by atoms with Gasteiger partial charge in [0.05, 0.1) is 10.5 Å². The first-order chi connectivity index (χ1) is 8.36. The van der Waals surface area contributed by atoms with Crippen molar-refractivity contribution >= 4 is 22.5 Å². The Morgan fingerprint density at radius 1 is 1.24 bits per heavy atom. The van der Waals surface area contributed by atoms with Crippen LogP contribution < -0.4 is 5.32 Å². The van der Waals surface area contributed by atoms with Crippen LogP contribution in [0.1, 0.15) is 25.1 Å². The van der Waals surface area contributed by atoms with Gasteiger partial charge in [0.15, 0.2) is 0 Å². The fourth-order valence-electron chi connectivity index (χ4n) is 2.07. The molecular formula is C14H17ClN2. The quantitative estimate of drug-likeness (QED) is 0.771. The number of halogens is 1. The molecule has 2 aromatic rings. The van der Waals surface area contributed by atoms with Gasteiger partial charge < -0.3 is 5.32 Å². The van der Waals surface area contributed by atoms with E-state index in [0.717, 1.165) is 41.1 Å². The van der Waals surface area contributed by atoms with Crippen LogP contribution in [0.2, 0.25) is 5.02 Å². The highest BCUT2D eigenvalue weighted by molar-refractivity contribution is 6.36. The molecule has 0 unspecified atom stereocenters. The Kier molecular flexibility index (Phi) is 3.97. The summed E-state index contributed by atoms with van der Waals surface area (Å²) in [4.78, 5) is 4.65. The number of rotatable bonds is 0. The Balaban J connectivity index is 0.000000514. The molecule has 1 aliphatic rings. The highest BCUT2D eigenvalue weighted by Crippen LogP contribution is 2.29. The normalized spacial score (nSPS) is 13.8. The van der Waals surface area contributed by atoms with Gasteiger partial charge in [0.1, 0.15) is 0 Å². The van der Waals surface area contributed by atoms with Crippen molar-refractivity contribution in [3.05, 3.63) is 40.5 Å². The number of nitrogens with one attached hydrogen (secondary N) is 1. The van der Waals surface area contributed by atoms with Gasteiger partial charge in [-0.3, -0.25) is 4.98 Å². The van der Waals surface area contributed by atoms with Gasteiger partial charge in [0.2, 0.25) is 0 Å². The second kappa shape index (κ2) is 5.48. The summed E-state index contributed by atoms with van der Waals surface area (Å²) < 4.78 is 0. The average Bonchev–Trinajstić information content (AvgIpc) is 2.41. The van der Waals surface area contributed by atoms with Gasteiger partial charge in [-0.05, 0) is 6.07 Å². The summed E-state index contributed by atoms with van der Waals surface area (Å²) in [5.41, 5.74) is 3.32. The van der Waals surface area contributed by atoms with Crippen molar-refractivity contribution in [2.75, 3.05) is 6.54 Å². The van der Waals surface area contributed by atoms with Crippen LogP contribution in [0, 0.1) is 0 Å². The molecule has 1 N–H and O–H groups in total. The maximum atomic E-state index is 6.38. The predicted molar refractivity (Wildman–Crippen MR) is 73.5 cm³/mol. The van der Waals surface area contributed by atoms with Gasteiger partial charge in [-0.2, -0.15) is 0 Å². The minimum Gasteiger partial charge on any atom is -0.312 e. The number of hydrogen-bond acceptors (Lipinski definition) is 2. The topological polar surface area (TPSA) is 24.9 Å². The third kappa shape index (κ3) is 2.28. The molecule has 17 heavy (non-hydrogen) atoms. The number of fused-ring (bicyclic) bond motifs is 2. The summed E-state index contributed by atoms with van der Waals surface area (Å²) in [6.45, 7) is 5.83. The van der Waals surface area contributed by atoms with Gasteiger partial charge in [0, 0.05) is 36.2 Å². The lowest BCUT2D eigenvalue weighted by Crippen LogP contribution is -2.24. The molecular weight excluding hydrogens is 232 g/mol. The van der Waals surface area contributed by atoms with Crippen LogP contribution in [-0.4, -0.2) is 11.5 Å². The van der Waals surface area contributed by atoms with E-state index in [-0.39, 0.29) is 0 Å². The van der Waals surface area contributed by atoms with E-state index < -0.39 is 0 Å². The highest BCUT2D eigenvalue weighted by atomic mass is 35.5. The van der Waals surface area contributed by atoms with Crippen LogP contribution >= 0.6 is 11.6 Å². The number of aromatic nitrogens is 1. The fraction of sp³-hybridized carbons (Fsp3) is 0.357. The molecule has 90 valence electrons. The third-order valence-electron chi connectivity index (χ3n) is 2.85. The third-order valence-corrected chi connectivity index (χ3v) is 3.28. The molecule has 0 atom stereocenters. The zero-order chi connectivity index (χ0) is 12.3. The van der Waals surface area contributed by atoms with Crippen LogP contribution in [-0.2, 0) is 13.0 Å². The molecule has 0 bridgehead atoms. The number of nitrogens with zero attached hydrogens (tertiary/aromatic N) is 1. The highest BCUT2D eigenvalue weighted by Gasteiger charge is 2.15. The molecule has 0 radical (unpaired) electrons. The van der Waals surface area contributed by atoms with E-state index in [2.05, 4.69) is 10.3 Å². The second-order valence-corrected chi connectivity index (χ2v) is 4.17. The van der Waals surface area contributed by atoms with Gasteiger partial charge in [0.25, 0.3) is 0 Å². The average molecular weight is 249 g/mol. The molecule has 1 aromatic heterocycles. The van der Waals surface area contributed by atoms with Crippen molar-refractivity contribution in [2.45, 2.75) is 26.8 Å². The first-order valence-corrected chi connectivity index (χ1v) is 6.51. The molecule has 0 spiro atoms. The van der Waals surface area contributed by atoms with E-state index >= 15 is 0 Å². The minimum absolute atomic E-state index is 0.839. The number of para-hydroxylation sites is 1. The SMILES string of the molecule is CC.Clc1c2c(nc3ccccc13)CCNC2. The van der Waals surface area contributed by atoms with Gasteiger partial charge in [-0.1, -0.05) is 43.6 Å². The molecule has 1 aromatic carbocycles. The van der Waals surface area contributed by atoms with Crippen molar-refractivity contribution in [3.8, 4) is 0 Å². The Hall–Kier alpha value is -1.12. The minimum atomic E-state index is 0.839. The lowest BCUT2D eigenvalue weighted by molar-refractivity contribution is 0.633. The smallest absolute Gasteiger partial charge is 0.0720 e. The van der Waals surface area contributed by atoms with E-state index in [0.29, 0.717) is 0 Å². The van der Waals surface area contributed by atoms with E-state index in [4.69, 9.17) is 11.6 Å². The fourth-order valence-corrected chi connectivity index (χ4v) is 2.40. The van der Waals surface area contributed by atoms with E-state index in [1.807, 2.05) is 38.1 Å². The van der Waals surface area contributed by atoms with Gasteiger partial charge >= 0.3 is 0 Å². The molecule has 3 rings (SSSR count). The van der Waals surface area contributed by atoms with Crippen molar-refractivity contribution < 1.29 is 0 Å². The largest absolute Gasteiger partial charge is 0.312 e. The maximum Gasteiger partial charge on any atom is 0.0720 e. The number of benzene rings is 1. The van der Waals surface area contributed by atoms with Crippen LogP contribution in [0.5, 0.6) is 0 Å². The molecule has 0 amide bonds. The molecule has 2 nitrogen and oxygen atoms in total. The van der Waals surface area contributed by atoms with Crippen LogP contribution in [0.3, 0.4) is 0 Å². The lowest BCUT2D eigenvalue weighted by atomic mass is 10.0. The van der Waals surface area contributed by atoms with Gasteiger partial charge in [-0.25, -0.2) is 0 Å². The molecule has 0 saturated carbocycles. The Morgan fingerprint density at radius 3 is 2.82 bits per heavy atom. The predicted octanol–water partition coefficient (Wildman–Crippen LogP) is 3.56. The standard InChI is InChI=1S/C12H11ClN2.C2H6/c13-12-8-3-1-2-4-10(8)15-11-5-6-14-7-9(11)12;1-2/h1-4,14H,5-7H2;1-2H3. The second-order valence-electron chi connectivity index (χ2n) is 3.79. The summed E-state index contributed by atoms with van der Waals surface area (Å²) in [5.74, 6) is 0. The van der Waals surface area contributed by atoms with Crippen LogP contribution in [0.25, 0.3) is 10.9 Å². The Bertz CT molecular complexity index is 523.